The van der Waals surface area contributed by atoms with E-state index < -0.39 is 0 Å². The van der Waals surface area contributed by atoms with Crippen molar-refractivity contribution in [3.8, 4) is 0 Å². The molecule has 0 spiro atoms. The van der Waals surface area contributed by atoms with Crippen molar-refractivity contribution in [2.24, 2.45) is 0 Å². The van der Waals surface area contributed by atoms with Crippen molar-refractivity contribution in [2.45, 2.75) is 13.1 Å². The van der Waals surface area contributed by atoms with E-state index in [0.717, 1.165) is 9.52 Å². The third-order valence-corrected chi connectivity index (χ3v) is 0. The summed E-state index contributed by atoms with van der Waals surface area (Å²) in [5.74, 6) is 0. The van der Waals surface area contributed by atoms with Crippen LogP contribution in [0.1, 0.15) is 0 Å². The summed E-state index contributed by atoms with van der Waals surface area (Å²) in [5, 5.41) is 0. The molecule has 0 heterocycles. The Morgan fingerprint density at radius 1 is 0.857 bits per heavy atom. The summed E-state index contributed by atoms with van der Waals surface area (Å²) in [7, 11) is 1.08. The second kappa shape index (κ2) is 38.8. The molecular formula is C2H6Cl2Hf2Si-2. The van der Waals surface area contributed by atoms with Gasteiger partial charge < -0.3 is 24.8 Å². The van der Waals surface area contributed by atoms with Gasteiger partial charge in [0.15, 0.2) is 0 Å². The van der Waals surface area contributed by atoms with Gasteiger partial charge in [-0.3, -0.25) is 0 Å². The predicted molar refractivity (Wildman–Crippen MR) is 17.5 cm³/mol. The number of hydrogen-bond acceptors (Lipinski definition) is 0. The van der Waals surface area contributed by atoms with Crippen LogP contribution in [0.2, 0.25) is 13.1 Å². The summed E-state index contributed by atoms with van der Waals surface area (Å²) in [6, 6.07) is 0. The van der Waals surface area contributed by atoms with Crippen LogP contribution in [0.4, 0.5) is 0 Å². The van der Waals surface area contributed by atoms with Gasteiger partial charge in [0, 0.05) is 61.2 Å². The molecule has 0 unspecified atom stereocenters. The van der Waals surface area contributed by atoms with Crippen LogP contribution in [-0.4, -0.2) is 9.52 Å². The minimum atomic E-state index is 0. The molecule has 0 aromatic heterocycles. The van der Waals surface area contributed by atoms with Crippen molar-refractivity contribution in [2.75, 3.05) is 0 Å². The zero-order chi connectivity index (χ0) is 2.71. The number of halogens is 2. The van der Waals surface area contributed by atoms with Gasteiger partial charge in [0.05, 0.1) is 0 Å². The van der Waals surface area contributed by atoms with Crippen LogP contribution in [0.15, 0.2) is 0 Å². The fourth-order valence-electron chi connectivity index (χ4n) is 0. The quantitative estimate of drug-likeness (QED) is 0.301. The first-order valence-electron chi connectivity index (χ1n) is 1.00. The minimum absolute atomic E-state index is 0. The van der Waals surface area contributed by atoms with Crippen LogP contribution in [0, 0.1) is 0 Å². The third-order valence-electron chi connectivity index (χ3n) is 0. The predicted octanol–water partition coefficient (Wildman–Crippen LogP) is -5.21. The second-order valence-corrected chi connectivity index (χ2v) is 1.50. The smallest absolute Gasteiger partial charge is 0.0307 e. The van der Waals surface area contributed by atoms with Crippen molar-refractivity contribution in [1.82, 2.24) is 0 Å². The van der Waals surface area contributed by atoms with Crippen LogP contribution >= 0.6 is 0 Å². The van der Waals surface area contributed by atoms with E-state index in [-0.39, 0.29) is 76.5 Å². The number of rotatable bonds is 0. The van der Waals surface area contributed by atoms with Crippen LogP contribution in [-0.2, 0) is 51.7 Å². The Labute approximate surface area is 97.8 Å². The van der Waals surface area contributed by atoms with E-state index in [4.69, 9.17) is 0 Å². The Balaban J connectivity index is -0.00000000333. The fourth-order valence-corrected chi connectivity index (χ4v) is 0. The zero-order valence-electron chi connectivity index (χ0n) is 4.26. The second-order valence-electron chi connectivity index (χ2n) is 0.500. The van der Waals surface area contributed by atoms with Gasteiger partial charge in [0.25, 0.3) is 0 Å². The van der Waals surface area contributed by atoms with Gasteiger partial charge in [-0.2, -0.15) is 0 Å². The van der Waals surface area contributed by atoms with Gasteiger partial charge in [-0.15, -0.1) is 0 Å². The molecule has 0 fully saturated rings. The molecule has 42 valence electrons. The van der Waals surface area contributed by atoms with Gasteiger partial charge in [-0.1, -0.05) is 13.1 Å². The third kappa shape index (κ3) is 56.7. The summed E-state index contributed by atoms with van der Waals surface area (Å²) < 4.78 is 0. The van der Waals surface area contributed by atoms with E-state index >= 15 is 0 Å². The first-order chi connectivity index (χ1) is 1.41. The largest absolute Gasteiger partial charge is 1.00 e. The van der Waals surface area contributed by atoms with Gasteiger partial charge in [-0.05, 0) is 0 Å². The van der Waals surface area contributed by atoms with Crippen LogP contribution in [0.3, 0.4) is 0 Å². The Hall–Kier alpha value is 2.54. The minimum Gasteiger partial charge on any atom is -1.00 e. The molecule has 0 aliphatic rings. The fraction of sp³-hybridized carbons (Fsp3) is 1.00. The summed E-state index contributed by atoms with van der Waals surface area (Å²) in [6.07, 6.45) is 0. The molecule has 0 nitrogen and oxygen atoms in total. The standard InChI is InChI=1S/C2H6Si.2ClH.2Hf/c1-3-2;;;;/h1-2H3;2*1H;;/p-2. The van der Waals surface area contributed by atoms with Gasteiger partial charge in [0.1, 0.15) is 0 Å². The average molecular weight is 486 g/mol. The van der Waals surface area contributed by atoms with E-state index in [1.807, 2.05) is 0 Å². The first kappa shape index (κ1) is 33.8. The zero-order valence-corrected chi connectivity index (χ0v) is 14.0. The van der Waals surface area contributed by atoms with Crippen LogP contribution in [0.5, 0.6) is 0 Å². The van der Waals surface area contributed by atoms with E-state index in [9.17, 15) is 0 Å². The molecule has 0 aliphatic heterocycles. The Bertz CT molecular complexity index is 13.7. The van der Waals surface area contributed by atoms with Crippen LogP contribution in [0.25, 0.3) is 0 Å². The molecule has 0 rings (SSSR count). The van der Waals surface area contributed by atoms with Gasteiger partial charge in [0.2, 0.25) is 0 Å². The monoisotopic (exact) mass is 488 g/mol. The Kier molecular flexibility index (Phi) is 187. The molecule has 0 N–H and O–H groups in total. The first-order valence-corrected chi connectivity index (χ1v) is 3.00. The molecule has 5 heteroatoms. The maximum absolute atomic E-state index is 2.15. The molecule has 0 amide bonds. The Morgan fingerprint density at radius 2 is 0.857 bits per heavy atom. The summed E-state index contributed by atoms with van der Waals surface area (Å²) in [4.78, 5) is 0. The molecule has 0 aliphatic carbocycles. The van der Waals surface area contributed by atoms with Crippen LogP contribution < -0.4 is 24.8 Å². The topological polar surface area (TPSA) is 0 Å². The van der Waals surface area contributed by atoms with Gasteiger partial charge in [-0.25, -0.2) is 0 Å². The maximum atomic E-state index is 2.15. The summed E-state index contributed by atoms with van der Waals surface area (Å²) in [5.41, 5.74) is 0. The summed E-state index contributed by atoms with van der Waals surface area (Å²) in [6.45, 7) is 4.31. The molecule has 0 aromatic carbocycles. The van der Waals surface area contributed by atoms with E-state index in [0.29, 0.717) is 0 Å². The van der Waals surface area contributed by atoms with E-state index in [2.05, 4.69) is 13.1 Å². The average Bonchev–Trinajstić information content (AvgIpc) is 0.918. The molecular weight excluding hydrogens is 480 g/mol. The number of hydrogen-bond donors (Lipinski definition) is 0. The van der Waals surface area contributed by atoms with Crippen molar-refractivity contribution in [3.05, 3.63) is 0 Å². The van der Waals surface area contributed by atoms with Crippen molar-refractivity contribution in [3.63, 3.8) is 0 Å². The molecule has 7 heavy (non-hydrogen) atoms. The molecule has 0 saturated heterocycles. The van der Waals surface area contributed by atoms with E-state index in [1.165, 1.54) is 0 Å². The SMILES string of the molecule is C[Si]C.[Cl-].[Cl-].[Hf].[Hf]. The maximum Gasteiger partial charge on any atom is 0.0307 e. The Morgan fingerprint density at radius 3 is 0.857 bits per heavy atom. The molecule has 0 bridgehead atoms. The van der Waals surface area contributed by atoms with E-state index in [1.54, 1.807) is 0 Å². The molecule has 0 atom stereocenters. The van der Waals surface area contributed by atoms with Gasteiger partial charge >= 0.3 is 0 Å². The molecule has 2 radical (unpaired) electrons. The van der Waals surface area contributed by atoms with Crippen molar-refractivity contribution >= 4 is 9.52 Å². The molecule has 0 aromatic rings. The normalized spacial score (nSPS) is 2.57. The molecule has 0 saturated carbocycles. The summed E-state index contributed by atoms with van der Waals surface area (Å²) >= 11 is 0. The van der Waals surface area contributed by atoms with Crippen molar-refractivity contribution < 1.29 is 76.5 Å². The van der Waals surface area contributed by atoms with Crippen molar-refractivity contribution in [1.29, 1.82) is 0 Å².